The van der Waals surface area contributed by atoms with E-state index in [1.165, 1.54) is 0 Å². The van der Waals surface area contributed by atoms with Gasteiger partial charge in [0.25, 0.3) is 0 Å². The zero-order valence-corrected chi connectivity index (χ0v) is 12.3. The second-order valence-electron chi connectivity index (χ2n) is 4.41. The third-order valence-electron chi connectivity index (χ3n) is 2.70. The average Bonchev–Trinajstić information content (AvgIpc) is 2.54. The molecule has 22 heavy (non-hydrogen) atoms. The van der Waals surface area contributed by atoms with Gasteiger partial charge in [0.1, 0.15) is 19.8 Å². The molecule has 0 spiro atoms. The van der Waals surface area contributed by atoms with E-state index < -0.39 is 23.3 Å². The molecule has 0 aliphatic rings. The molecular weight excluding hydrogens is 292 g/mol. The van der Waals surface area contributed by atoms with Crippen LogP contribution in [0.2, 0.25) is 0 Å². The number of hydrogen-bond acceptors (Lipinski definition) is 7. The second-order valence-corrected chi connectivity index (χ2v) is 4.41. The fourth-order valence-corrected chi connectivity index (χ4v) is 1.43. The van der Waals surface area contributed by atoms with Crippen molar-refractivity contribution in [1.29, 1.82) is 0 Å². The molecule has 122 valence electrons. The van der Waals surface area contributed by atoms with Gasteiger partial charge in [0.15, 0.2) is 0 Å². The second kappa shape index (κ2) is 10.3. The fourth-order valence-electron chi connectivity index (χ4n) is 1.43. The van der Waals surface area contributed by atoms with Crippen molar-refractivity contribution in [3.8, 4) is 0 Å². The third kappa shape index (κ3) is 7.39. The normalized spacial score (nSPS) is 10.2. The van der Waals surface area contributed by atoms with Crippen molar-refractivity contribution < 1.29 is 33.7 Å². The molecule has 0 unspecified atom stereocenters. The zero-order chi connectivity index (χ0) is 17.0. The van der Waals surface area contributed by atoms with E-state index in [1.807, 2.05) is 0 Å². The van der Waals surface area contributed by atoms with Crippen molar-refractivity contribution in [1.82, 2.24) is 0 Å². The topological polar surface area (TPSA) is 99.1 Å². The minimum atomic E-state index is -1.08. The summed E-state index contributed by atoms with van der Waals surface area (Å²) in [6, 6.07) is 0. The highest BCUT2D eigenvalue weighted by molar-refractivity contribution is 5.82. The first-order valence-electron chi connectivity index (χ1n) is 6.41. The summed E-state index contributed by atoms with van der Waals surface area (Å²) in [5.74, 6) is -2.06. The summed E-state index contributed by atoms with van der Waals surface area (Å²) in [6.45, 7) is 8.81. The molecule has 0 atom stereocenters. The highest BCUT2D eigenvalue weighted by atomic mass is 16.6. The van der Waals surface area contributed by atoms with Crippen LogP contribution in [-0.4, -0.2) is 49.4 Å². The zero-order valence-electron chi connectivity index (χ0n) is 12.3. The summed E-state index contributed by atoms with van der Waals surface area (Å²) in [5, 5.41) is 9.19. The first-order valence-corrected chi connectivity index (χ1v) is 6.41. The highest BCUT2D eigenvalue weighted by Gasteiger charge is 2.35. The summed E-state index contributed by atoms with van der Waals surface area (Å²) in [4.78, 5) is 33.6. The van der Waals surface area contributed by atoms with E-state index in [0.717, 1.165) is 18.2 Å². The molecule has 0 aliphatic heterocycles. The minimum absolute atomic E-state index is 0.0757. The third-order valence-corrected chi connectivity index (χ3v) is 2.70. The van der Waals surface area contributed by atoms with Crippen molar-refractivity contribution >= 4 is 17.9 Å². The summed E-state index contributed by atoms with van der Waals surface area (Å²) in [7, 11) is 0. The van der Waals surface area contributed by atoms with Gasteiger partial charge in [-0.15, -0.1) is 0 Å². The number of ether oxygens (including phenoxy) is 3. The van der Waals surface area contributed by atoms with E-state index in [4.69, 9.17) is 14.2 Å². The molecular formula is C15H20O7. The molecule has 7 nitrogen and oxygen atoms in total. The van der Waals surface area contributed by atoms with Gasteiger partial charge in [-0.05, 0) is 6.42 Å². The molecule has 0 aromatic heterocycles. The molecule has 0 heterocycles. The minimum Gasteiger partial charge on any atom is -0.462 e. The standard InChI is InChI=1S/C15H20O7/c1-4-12(17)20-9-15(7-8-16,10-21-13(18)5-2)11-22-14(19)6-3/h4-6,16H,1-3,7-11H2. The summed E-state index contributed by atoms with van der Waals surface area (Å²) in [6.07, 6.45) is 2.98. The Balaban J connectivity index is 5.03. The van der Waals surface area contributed by atoms with Gasteiger partial charge in [-0.3, -0.25) is 0 Å². The number of aliphatic hydroxyl groups is 1. The van der Waals surface area contributed by atoms with E-state index in [1.54, 1.807) is 0 Å². The first kappa shape index (κ1) is 19.6. The van der Waals surface area contributed by atoms with Crippen molar-refractivity contribution in [2.45, 2.75) is 6.42 Å². The number of aliphatic hydroxyl groups excluding tert-OH is 1. The van der Waals surface area contributed by atoms with Crippen molar-refractivity contribution in [2.75, 3.05) is 26.4 Å². The Kier molecular flexibility index (Phi) is 9.20. The van der Waals surface area contributed by atoms with Gasteiger partial charge >= 0.3 is 17.9 Å². The number of carbonyl (C=O) groups is 3. The van der Waals surface area contributed by atoms with Crippen LogP contribution in [0.3, 0.4) is 0 Å². The Morgan fingerprint density at radius 2 is 1.14 bits per heavy atom. The SMILES string of the molecule is C=CC(=O)OCC(CCO)(COC(=O)C=C)COC(=O)C=C. The molecule has 0 fully saturated rings. The van der Waals surface area contributed by atoms with Crippen LogP contribution >= 0.6 is 0 Å². The van der Waals surface area contributed by atoms with Crippen LogP contribution in [0.1, 0.15) is 6.42 Å². The Labute approximate surface area is 128 Å². The fraction of sp³-hybridized carbons (Fsp3) is 0.400. The smallest absolute Gasteiger partial charge is 0.330 e. The van der Waals surface area contributed by atoms with Gasteiger partial charge in [0.2, 0.25) is 0 Å². The lowest BCUT2D eigenvalue weighted by Crippen LogP contribution is -2.40. The van der Waals surface area contributed by atoms with E-state index >= 15 is 0 Å². The van der Waals surface area contributed by atoms with Crippen LogP contribution in [0.5, 0.6) is 0 Å². The maximum Gasteiger partial charge on any atom is 0.330 e. The van der Waals surface area contributed by atoms with Gasteiger partial charge in [0.05, 0.1) is 5.41 Å². The predicted octanol–water partition coefficient (Wildman–Crippen LogP) is 0.543. The van der Waals surface area contributed by atoms with Crippen LogP contribution in [0.25, 0.3) is 0 Å². The van der Waals surface area contributed by atoms with Gasteiger partial charge in [-0.2, -0.15) is 0 Å². The molecule has 0 saturated heterocycles. The summed E-state index contributed by atoms with van der Waals surface area (Å²) >= 11 is 0. The van der Waals surface area contributed by atoms with Crippen LogP contribution in [-0.2, 0) is 28.6 Å². The van der Waals surface area contributed by atoms with Crippen molar-refractivity contribution in [3.05, 3.63) is 38.0 Å². The number of rotatable bonds is 11. The van der Waals surface area contributed by atoms with Gasteiger partial charge in [-0.25, -0.2) is 14.4 Å². The molecule has 7 heteroatoms. The Bertz CT molecular complexity index is 379. The molecule has 1 N–H and O–H groups in total. The van der Waals surface area contributed by atoms with Crippen LogP contribution in [0.4, 0.5) is 0 Å². The van der Waals surface area contributed by atoms with Gasteiger partial charge < -0.3 is 19.3 Å². The highest BCUT2D eigenvalue weighted by Crippen LogP contribution is 2.24. The van der Waals surface area contributed by atoms with E-state index in [9.17, 15) is 19.5 Å². The Morgan fingerprint density at radius 1 is 0.818 bits per heavy atom. The first-order chi connectivity index (χ1) is 10.4. The summed E-state index contributed by atoms with van der Waals surface area (Å²) < 4.78 is 14.8. The maximum absolute atomic E-state index is 11.2. The molecule has 0 bridgehead atoms. The number of carbonyl (C=O) groups excluding carboxylic acids is 3. The Morgan fingerprint density at radius 3 is 1.36 bits per heavy atom. The molecule has 0 saturated carbocycles. The van der Waals surface area contributed by atoms with E-state index in [2.05, 4.69) is 19.7 Å². The number of hydrogen-bond donors (Lipinski definition) is 1. The van der Waals surface area contributed by atoms with Crippen molar-refractivity contribution in [2.24, 2.45) is 5.41 Å². The van der Waals surface area contributed by atoms with E-state index in [0.29, 0.717) is 0 Å². The molecule has 0 aliphatic carbocycles. The lowest BCUT2D eigenvalue weighted by atomic mass is 9.87. The van der Waals surface area contributed by atoms with Crippen LogP contribution in [0.15, 0.2) is 38.0 Å². The maximum atomic E-state index is 11.2. The van der Waals surface area contributed by atoms with Crippen molar-refractivity contribution in [3.63, 3.8) is 0 Å². The van der Waals surface area contributed by atoms with Crippen LogP contribution in [0, 0.1) is 5.41 Å². The largest absolute Gasteiger partial charge is 0.462 e. The average molecular weight is 312 g/mol. The van der Waals surface area contributed by atoms with Gasteiger partial charge in [-0.1, -0.05) is 19.7 Å². The molecule has 0 rings (SSSR count). The summed E-state index contributed by atoms with van der Waals surface area (Å²) in [5.41, 5.74) is -1.08. The molecule has 0 aromatic carbocycles. The Hall–Kier alpha value is -2.41. The predicted molar refractivity (Wildman–Crippen MR) is 77.6 cm³/mol. The number of esters is 3. The molecule has 0 radical (unpaired) electrons. The van der Waals surface area contributed by atoms with Gasteiger partial charge in [0, 0.05) is 24.8 Å². The lowest BCUT2D eigenvalue weighted by Gasteiger charge is -2.31. The lowest BCUT2D eigenvalue weighted by molar-refractivity contribution is -0.157. The van der Waals surface area contributed by atoms with E-state index in [-0.39, 0.29) is 32.8 Å². The molecule has 0 amide bonds. The monoisotopic (exact) mass is 312 g/mol. The molecule has 0 aromatic rings. The quantitative estimate of drug-likeness (QED) is 0.338. The van der Waals surface area contributed by atoms with Crippen LogP contribution < -0.4 is 0 Å².